The predicted molar refractivity (Wildman–Crippen MR) is 104 cm³/mol. The van der Waals surface area contributed by atoms with E-state index in [4.69, 9.17) is 0 Å². The molecule has 28 heavy (non-hydrogen) atoms. The molecule has 0 radical (unpaired) electrons. The molecule has 2 aliphatic heterocycles. The molecule has 2 fully saturated rings. The van der Waals surface area contributed by atoms with Crippen LogP contribution in [0.2, 0.25) is 0 Å². The van der Waals surface area contributed by atoms with Crippen LogP contribution in [-0.2, 0) is 17.9 Å². The summed E-state index contributed by atoms with van der Waals surface area (Å²) in [4.78, 5) is 33.5. The number of amides is 2. The van der Waals surface area contributed by atoms with Gasteiger partial charge in [0.2, 0.25) is 5.91 Å². The first-order valence-electron chi connectivity index (χ1n) is 10.1. The van der Waals surface area contributed by atoms with Crippen molar-refractivity contribution in [1.82, 2.24) is 24.6 Å². The number of hydrogen-bond acceptors (Lipinski definition) is 4. The molecule has 0 bridgehead atoms. The maximum atomic E-state index is 13.0. The number of aromatic nitrogens is 3. The van der Waals surface area contributed by atoms with Crippen molar-refractivity contribution in [2.75, 3.05) is 19.6 Å². The molecule has 2 amide bonds. The number of likely N-dealkylation sites (tertiary alicyclic amines) is 2. The zero-order chi connectivity index (χ0) is 19.6. The summed E-state index contributed by atoms with van der Waals surface area (Å²) in [5.74, 6) is 0.196. The molecule has 7 heteroatoms. The standard InChI is InChI=1S/C21H27N5O2/c1-2-26-12-7-18(23-26)20(28)24-11-4-8-21(15-24)9-6-19(27)25(16-21)14-17-5-3-10-22-13-17/h3,5,7,10,12-13H,2,4,6,8-9,11,14-16H2,1H3/t21-/m1/s1. The number of rotatable bonds is 4. The molecular formula is C21H27N5O2. The Hall–Kier alpha value is -2.70. The maximum Gasteiger partial charge on any atom is 0.274 e. The van der Waals surface area contributed by atoms with E-state index in [2.05, 4.69) is 10.1 Å². The van der Waals surface area contributed by atoms with Crippen molar-refractivity contribution in [1.29, 1.82) is 0 Å². The van der Waals surface area contributed by atoms with Gasteiger partial charge in [0.25, 0.3) is 5.91 Å². The van der Waals surface area contributed by atoms with Gasteiger partial charge in [0.15, 0.2) is 0 Å². The van der Waals surface area contributed by atoms with Crippen LogP contribution < -0.4 is 0 Å². The minimum Gasteiger partial charge on any atom is -0.338 e. The summed E-state index contributed by atoms with van der Waals surface area (Å²) in [6.45, 7) is 5.50. The van der Waals surface area contributed by atoms with Crippen molar-refractivity contribution in [2.24, 2.45) is 5.41 Å². The van der Waals surface area contributed by atoms with E-state index in [0.29, 0.717) is 31.7 Å². The van der Waals surface area contributed by atoms with Gasteiger partial charge in [-0.1, -0.05) is 6.07 Å². The molecule has 1 spiro atoms. The fourth-order valence-corrected chi connectivity index (χ4v) is 4.49. The van der Waals surface area contributed by atoms with E-state index >= 15 is 0 Å². The molecule has 0 aromatic carbocycles. The number of aryl methyl sites for hydroxylation is 1. The minimum absolute atomic E-state index is 0.00184. The van der Waals surface area contributed by atoms with Crippen LogP contribution in [-0.4, -0.2) is 56.0 Å². The molecule has 2 aromatic rings. The normalized spacial score (nSPS) is 22.7. The molecule has 2 aliphatic rings. The highest BCUT2D eigenvalue weighted by Gasteiger charge is 2.43. The van der Waals surface area contributed by atoms with E-state index < -0.39 is 0 Å². The lowest BCUT2D eigenvalue weighted by molar-refractivity contribution is -0.139. The largest absolute Gasteiger partial charge is 0.338 e. The third kappa shape index (κ3) is 3.79. The molecule has 148 valence electrons. The van der Waals surface area contributed by atoms with Gasteiger partial charge < -0.3 is 9.80 Å². The van der Waals surface area contributed by atoms with Gasteiger partial charge in [-0.3, -0.25) is 19.3 Å². The van der Waals surface area contributed by atoms with Crippen LogP contribution >= 0.6 is 0 Å². The lowest BCUT2D eigenvalue weighted by atomic mass is 9.73. The lowest BCUT2D eigenvalue weighted by Gasteiger charge is -2.48. The number of piperidine rings is 2. The zero-order valence-corrected chi connectivity index (χ0v) is 16.4. The highest BCUT2D eigenvalue weighted by molar-refractivity contribution is 5.92. The topological polar surface area (TPSA) is 71.3 Å². The smallest absolute Gasteiger partial charge is 0.274 e. The van der Waals surface area contributed by atoms with Crippen molar-refractivity contribution < 1.29 is 9.59 Å². The zero-order valence-electron chi connectivity index (χ0n) is 16.4. The monoisotopic (exact) mass is 381 g/mol. The van der Waals surface area contributed by atoms with Crippen LogP contribution in [0.5, 0.6) is 0 Å². The van der Waals surface area contributed by atoms with Crippen molar-refractivity contribution in [2.45, 2.75) is 45.7 Å². The van der Waals surface area contributed by atoms with Crippen molar-refractivity contribution in [3.63, 3.8) is 0 Å². The van der Waals surface area contributed by atoms with Gasteiger partial charge in [-0.05, 0) is 43.9 Å². The lowest BCUT2D eigenvalue weighted by Crippen LogP contribution is -2.54. The van der Waals surface area contributed by atoms with E-state index in [0.717, 1.165) is 37.9 Å². The summed E-state index contributed by atoms with van der Waals surface area (Å²) in [6.07, 6.45) is 8.83. The Bertz CT molecular complexity index is 849. The SMILES string of the molecule is CCn1ccc(C(=O)N2CCC[C@@]3(CCC(=O)N(Cc4cccnc4)C3)C2)n1. The molecule has 2 aromatic heterocycles. The van der Waals surface area contributed by atoms with E-state index in [-0.39, 0.29) is 17.2 Å². The van der Waals surface area contributed by atoms with Gasteiger partial charge in [-0.15, -0.1) is 0 Å². The van der Waals surface area contributed by atoms with Gasteiger partial charge in [-0.2, -0.15) is 5.10 Å². The summed E-state index contributed by atoms with van der Waals surface area (Å²) < 4.78 is 1.78. The molecule has 2 saturated heterocycles. The van der Waals surface area contributed by atoms with Crippen LogP contribution in [0.15, 0.2) is 36.8 Å². The van der Waals surface area contributed by atoms with Crippen molar-refractivity contribution in [3.8, 4) is 0 Å². The maximum absolute atomic E-state index is 13.0. The predicted octanol–water partition coefficient (Wildman–Crippen LogP) is 2.34. The van der Waals surface area contributed by atoms with Crippen LogP contribution in [0, 0.1) is 5.41 Å². The first kappa shape index (κ1) is 18.7. The summed E-state index contributed by atoms with van der Waals surface area (Å²) in [7, 11) is 0. The second-order valence-corrected chi connectivity index (χ2v) is 8.00. The summed E-state index contributed by atoms with van der Waals surface area (Å²) in [6, 6.07) is 5.70. The highest BCUT2D eigenvalue weighted by Crippen LogP contribution is 2.39. The first-order valence-corrected chi connectivity index (χ1v) is 10.1. The van der Waals surface area contributed by atoms with Crippen LogP contribution in [0.3, 0.4) is 0 Å². The number of hydrogen-bond donors (Lipinski definition) is 0. The molecule has 0 aliphatic carbocycles. The van der Waals surface area contributed by atoms with Gasteiger partial charge in [0.05, 0.1) is 0 Å². The van der Waals surface area contributed by atoms with E-state index in [1.54, 1.807) is 16.9 Å². The summed E-state index contributed by atoms with van der Waals surface area (Å²) in [5, 5.41) is 4.37. The third-order valence-corrected chi connectivity index (χ3v) is 5.98. The van der Waals surface area contributed by atoms with Crippen LogP contribution in [0.1, 0.15) is 48.7 Å². The summed E-state index contributed by atoms with van der Waals surface area (Å²) >= 11 is 0. The molecule has 0 unspecified atom stereocenters. The Morgan fingerprint density at radius 3 is 2.89 bits per heavy atom. The van der Waals surface area contributed by atoms with Gasteiger partial charge in [0, 0.05) is 63.2 Å². The Morgan fingerprint density at radius 1 is 1.25 bits per heavy atom. The molecule has 0 saturated carbocycles. The Morgan fingerprint density at radius 2 is 2.14 bits per heavy atom. The van der Waals surface area contributed by atoms with Crippen molar-refractivity contribution >= 4 is 11.8 Å². The Balaban J connectivity index is 1.47. The molecular weight excluding hydrogens is 354 g/mol. The molecule has 1 atom stereocenters. The number of nitrogens with zero attached hydrogens (tertiary/aromatic N) is 5. The second kappa shape index (κ2) is 7.73. The Kier molecular flexibility index (Phi) is 5.15. The second-order valence-electron chi connectivity index (χ2n) is 8.00. The average molecular weight is 381 g/mol. The van der Waals surface area contributed by atoms with E-state index in [1.165, 1.54) is 0 Å². The first-order chi connectivity index (χ1) is 13.6. The molecule has 4 heterocycles. The summed E-state index contributed by atoms with van der Waals surface area (Å²) in [5.41, 5.74) is 1.54. The quantitative estimate of drug-likeness (QED) is 0.815. The number of pyridine rings is 1. The van der Waals surface area contributed by atoms with Gasteiger partial charge in [-0.25, -0.2) is 0 Å². The highest BCUT2D eigenvalue weighted by atomic mass is 16.2. The fraction of sp³-hybridized carbons (Fsp3) is 0.524. The van der Waals surface area contributed by atoms with E-state index in [1.807, 2.05) is 41.2 Å². The van der Waals surface area contributed by atoms with E-state index in [9.17, 15) is 9.59 Å². The number of carbonyl (C=O) groups is 2. The van der Waals surface area contributed by atoms with Crippen molar-refractivity contribution in [3.05, 3.63) is 48.0 Å². The average Bonchev–Trinajstić information content (AvgIpc) is 3.21. The Labute approximate surface area is 165 Å². The van der Waals surface area contributed by atoms with Gasteiger partial charge in [0.1, 0.15) is 5.69 Å². The van der Waals surface area contributed by atoms with Gasteiger partial charge >= 0.3 is 0 Å². The molecule has 7 nitrogen and oxygen atoms in total. The minimum atomic E-state index is -0.0165. The van der Waals surface area contributed by atoms with Crippen LogP contribution in [0.25, 0.3) is 0 Å². The molecule has 0 N–H and O–H groups in total. The van der Waals surface area contributed by atoms with Crippen LogP contribution in [0.4, 0.5) is 0 Å². The third-order valence-electron chi connectivity index (χ3n) is 5.98. The molecule has 4 rings (SSSR count). The number of carbonyl (C=O) groups excluding carboxylic acids is 2. The fourth-order valence-electron chi connectivity index (χ4n) is 4.49.